The SMILES string of the molecule is CCOC(=O)/C(=C(/NC(C)=O)c1ccc(Cl)cc1)c1ccccc1. The number of amides is 1. The van der Waals surface area contributed by atoms with Crippen LogP contribution in [0.1, 0.15) is 25.0 Å². The van der Waals surface area contributed by atoms with Gasteiger partial charge in [0.05, 0.1) is 17.9 Å². The zero-order valence-electron chi connectivity index (χ0n) is 13.5. The van der Waals surface area contributed by atoms with Crippen molar-refractivity contribution in [1.29, 1.82) is 0 Å². The number of hydrogen-bond donors (Lipinski definition) is 1. The van der Waals surface area contributed by atoms with E-state index in [0.29, 0.717) is 27.4 Å². The van der Waals surface area contributed by atoms with Crippen molar-refractivity contribution in [3.8, 4) is 0 Å². The molecule has 4 nitrogen and oxygen atoms in total. The number of carbonyl (C=O) groups is 2. The third-order valence-corrected chi connectivity index (χ3v) is 3.48. The van der Waals surface area contributed by atoms with E-state index in [1.165, 1.54) is 6.92 Å². The summed E-state index contributed by atoms with van der Waals surface area (Å²) in [5, 5.41) is 3.32. The number of esters is 1. The Hall–Kier alpha value is -2.59. The maximum absolute atomic E-state index is 12.5. The van der Waals surface area contributed by atoms with Gasteiger partial charge >= 0.3 is 5.97 Å². The molecule has 2 aromatic carbocycles. The zero-order valence-corrected chi connectivity index (χ0v) is 14.3. The van der Waals surface area contributed by atoms with Crippen molar-refractivity contribution in [3.05, 3.63) is 70.7 Å². The lowest BCUT2D eigenvalue weighted by Crippen LogP contribution is -2.22. The Kier molecular flexibility index (Phi) is 6.15. The standard InChI is InChI=1S/C19H18ClNO3/c1-3-24-19(23)17(14-7-5-4-6-8-14)18(21-13(2)22)15-9-11-16(20)12-10-15/h4-12H,3H2,1-2H3,(H,21,22)/b18-17+. The number of carbonyl (C=O) groups excluding carboxylic acids is 2. The van der Waals surface area contributed by atoms with E-state index in [9.17, 15) is 9.59 Å². The van der Waals surface area contributed by atoms with E-state index in [1.54, 1.807) is 43.3 Å². The van der Waals surface area contributed by atoms with Crippen LogP contribution in [0.25, 0.3) is 11.3 Å². The fourth-order valence-corrected chi connectivity index (χ4v) is 2.37. The van der Waals surface area contributed by atoms with Crippen LogP contribution in [0.3, 0.4) is 0 Å². The summed E-state index contributed by atoms with van der Waals surface area (Å²) in [7, 11) is 0. The van der Waals surface area contributed by atoms with Gasteiger partial charge in [0.15, 0.2) is 0 Å². The van der Waals surface area contributed by atoms with Gasteiger partial charge in [-0.3, -0.25) is 4.79 Å². The van der Waals surface area contributed by atoms with Crippen molar-refractivity contribution < 1.29 is 14.3 Å². The monoisotopic (exact) mass is 343 g/mol. The highest BCUT2D eigenvalue weighted by Gasteiger charge is 2.21. The van der Waals surface area contributed by atoms with E-state index < -0.39 is 5.97 Å². The molecule has 24 heavy (non-hydrogen) atoms. The van der Waals surface area contributed by atoms with Crippen LogP contribution < -0.4 is 5.32 Å². The van der Waals surface area contributed by atoms with Crippen LogP contribution in [-0.4, -0.2) is 18.5 Å². The topological polar surface area (TPSA) is 55.4 Å². The van der Waals surface area contributed by atoms with Gasteiger partial charge in [0.25, 0.3) is 0 Å². The van der Waals surface area contributed by atoms with Crippen LogP contribution >= 0.6 is 11.6 Å². The van der Waals surface area contributed by atoms with E-state index in [1.807, 2.05) is 18.2 Å². The second-order valence-corrected chi connectivity index (χ2v) is 5.46. The third-order valence-electron chi connectivity index (χ3n) is 3.23. The molecule has 0 radical (unpaired) electrons. The van der Waals surface area contributed by atoms with Crippen LogP contribution in [0.4, 0.5) is 0 Å². The van der Waals surface area contributed by atoms with Crippen LogP contribution in [0, 0.1) is 0 Å². The molecule has 0 aromatic heterocycles. The van der Waals surface area contributed by atoms with E-state index >= 15 is 0 Å². The lowest BCUT2D eigenvalue weighted by atomic mass is 9.99. The molecule has 0 aliphatic heterocycles. The predicted octanol–water partition coefficient (Wildman–Crippen LogP) is 3.91. The molecule has 0 aliphatic carbocycles. The molecule has 0 atom stereocenters. The fourth-order valence-electron chi connectivity index (χ4n) is 2.24. The first-order valence-electron chi connectivity index (χ1n) is 7.53. The van der Waals surface area contributed by atoms with Crippen molar-refractivity contribution in [2.45, 2.75) is 13.8 Å². The van der Waals surface area contributed by atoms with Gasteiger partial charge in [-0.25, -0.2) is 4.79 Å². The molecule has 124 valence electrons. The Morgan fingerprint density at radius 2 is 1.62 bits per heavy atom. The quantitative estimate of drug-likeness (QED) is 0.509. The lowest BCUT2D eigenvalue weighted by molar-refractivity contribution is -0.136. The molecule has 0 aliphatic rings. The molecular formula is C19H18ClNO3. The van der Waals surface area contributed by atoms with Gasteiger partial charge in [-0.2, -0.15) is 0 Å². The van der Waals surface area contributed by atoms with Crippen LogP contribution in [-0.2, 0) is 14.3 Å². The minimum absolute atomic E-state index is 0.239. The number of rotatable bonds is 5. The molecule has 0 fully saturated rings. The highest BCUT2D eigenvalue weighted by molar-refractivity contribution is 6.30. The summed E-state index contributed by atoms with van der Waals surface area (Å²) >= 11 is 5.94. The lowest BCUT2D eigenvalue weighted by Gasteiger charge is -2.16. The number of hydrogen-bond acceptors (Lipinski definition) is 3. The van der Waals surface area contributed by atoms with E-state index in [4.69, 9.17) is 16.3 Å². The van der Waals surface area contributed by atoms with Gasteiger partial charge in [0.2, 0.25) is 5.91 Å². The van der Waals surface area contributed by atoms with Gasteiger partial charge in [0, 0.05) is 11.9 Å². The normalized spacial score (nSPS) is 11.5. The van der Waals surface area contributed by atoms with Gasteiger partial charge in [-0.05, 0) is 30.2 Å². The summed E-state index contributed by atoms with van der Waals surface area (Å²) in [6.45, 7) is 3.37. The smallest absolute Gasteiger partial charge is 0.340 e. The molecule has 0 saturated carbocycles. The molecule has 1 amide bonds. The largest absolute Gasteiger partial charge is 0.462 e. The Morgan fingerprint density at radius 3 is 2.17 bits per heavy atom. The first-order chi connectivity index (χ1) is 11.5. The first kappa shape index (κ1) is 17.8. The van der Waals surface area contributed by atoms with Crippen molar-refractivity contribution in [1.82, 2.24) is 5.32 Å². The Labute approximate surface area is 146 Å². The molecular weight excluding hydrogens is 326 g/mol. The molecule has 0 unspecified atom stereocenters. The maximum Gasteiger partial charge on any atom is 0.340 e. The number of benzene rings is 2. The minimum atomic E-state index is -0.498. The van der Waals surface area contributed by atoms with Crippen molar-refractivity contribution in [2.75, 3.05) is 6.61 Å². The van der Waals surface area contributed by atoms with Crippen molar-refractivity contribution in [2.24, 2.45) is 0 Å². The van der Waals surface area contributed by atoms with Gasteiger partial charge in [-0.15, -0.1) is 0 Å². The molecule has 2 aromatic rings. The van der Waals surface area contributed by atoms with Crippen LogP contribution in [0.5, 0.6) is 0 Å². The summed E-state index contributed by atoms with van der Waals surface area (Å²) in [5.74, 6) is -0.778. The molecule has 1 N–H and O–H groups in total. The highest BCUT2D eigenvalue weighted by Crippen LogP contribution is 2.27. The molecule has 0 spiro atoms. The van der Waals surface area contributed by atoms with Gasteiger partial charge in [-0.1, -0.05) is 54.1 Å². The Balaban J connectivity index is 2.69. The van der Waals surface area contributed by atoms with Crippen molar-refractivity contribution >= 4 is 34.7 Å². The first-order valence-corrected chi connectivity index (χ1v) is 7.91. The van der Waals surface area contributed by atoms with Gasteiger partial charge < -0.3 is 10.1 Å². The zero-order chi connectivity index (χ0) is 17.5. The van der Waals surface area contributed by atoms with E-state index in [2.05, 4.69) is 5.32 Å². The molecule has 0 bridgehead atoms. The average Bonchev–Trinajstić information content (AvgIpc) is 2.56. The summed E-state index contributed by atoms with van der Waals surface area (Å²) in [6, 6.07) is 16.0. The fraction of sp³-hybridized carbons (Fsp3) is 0.158. The number of nitrogens with one attached hydrogen (secondary N) is 1. The summed E-state index contributed by atoms with van der Waals surface area (Å²) < 4.78 is 5.19. The average molecular weight is 344 g/mol. The summed E-state index contributed by atoms with van der Waals surface area (Å²) in [5.41, 5.74) is 2.02. The number of halogens is 1. The third kappa shape index (κ3) is 4.46. The van der Waals surface area contributed by atoms with E-state index in [-0.39, 0.29) is 12.5 Å². The summed E-state index contributed by atoms with van der Waals surface area (Å²) in [4.78, 5) is 24.2. The summed E-state index contributed by atoms with van der Waals surface area (Å²) in [6.07, 6.45) is 0. The van der Waals surface area contributed by atoms with E-state index in [0.717, 1.165) is 0 Å². The Bertz CT molecular complexity index is 752. The Morgan fingerprint density at radius 1 is 1.00 bits per heavy atom. The maximum atomic E-state index is 12.5. The predicted molar refractivity (Wildman–Crippen MR) is 95.2 cm³/mol. The van der Waals surface area contributed by atoms with Crippen molar-refractivity contribution in [3.63, 3.8) is 0 Å². The molecule has 0 heterocycles. The van der Waals surface area contributed by atoms with Gasteiger partial charge in [0.1, 0.15) is 0 Å². The molecule has 2 rings (SSSR count). The van der Waals surface area contributed by atoms with Crippen LogP contribution in [0.2, 0.25) is 5.02 Å². The second kappa shape index (κ2) is 8.31. The van der Waals surface area contributed by atoms with Crippen LogP contribution in [0.15, 0.2) is 54.6 Å². The molecule has 5 heteroatoms. The minimum Gasteiger partial charge on any atom is -0.462 e. The highest BCUT2D eigenvalue weighted by atomic mass is 35.5. The molecule has 0 saturated heterocycles. The number of ether oxygens (including phenoxy) is 1. The second-order valence-electron chi connectivity index (χ2n) is 5.02.